The Labute approximate surface area is 200 Å². The third kappa shape index (κ3) is 5.66. The standard InChI is InChI=1S/C25H33N5O2S/c1-3-14-30-23(21-13-8-15-29(21)24(32)19-10-7-9-18(2)16-19)27-28-25(30)33-17-22(31)26-20-11-5-4-6-12-20/h3,7,9-10,16,20-21H,1,4-6,8,11-15,17H2,2H3,(H,26,31). The Morgan fingerprint density at radius 3 is 2.76 bits per heavy atom. The number of benzene rings is 1. The van der Waals surface area contributed by atoms with Gasteiger partial charge < -0.3 is 14.8 Å². The van der Waals surface area contributed by atoms with Gasteiger partial charge >= 0.3 is 0 Å². The van der Waals surface area contributed by atoms with Crippen molar-refractivity contribution < 1.29 is 9.59 Å². The van der Waals surface area contributed by atoms with Gasteiger partial charge in [-0.05, 0) is 44.7 Å². The fourth-order valence-electron chi connectivity index (χ4n) is 4.82. The molecule has 8 heteroatoms. The van der Waals surface area contributed by atoms with Crippen LogP contribution in [0.3, 0.4) is 0 Å². The number of aryl methyl sites for hydroxylation is 1. The fourth-order valence-corrected chi connectivity index (χ4v) is 5.59. The summed E-state index contributed by atoms with van der Waals surface area (Å²) in [4.78, 5) is 27.6. The number of nitrogens with zero attached hydrogens (tertiary/aromatic N) is 4. The summed E-state index contributed by atoms with van der Waals surface area (Å²) in [6.45, 7) is 7.11. The first-order valence-electron chi connectivity index (χ1n) is 11.9. The van der Waals surface area contributed by atoms with Gasteiger partial charge in [0.2, 0.25) is 5.91 Å². The number of amides is 2. The topological polar surface area (TPSA) is 80.1 Å². The summed E-state index contributed by atoms with van der Waals surface area (Å²) in [5.74, 6) is 1.14. The summed E-state index contributed by atoms with van der Waals surface area (Å²) in [7, 11) is 0. The molecule has 176 valence electrons. The predicted molar refractivity (Wildman–Crippen MR) is 130 cm³/mol. The molecule has 1 aliphatic carbocycles. The van der Waals surface area contributed by atoms with Gasteiger partial charge in [-0.25, -0.2) is 0 Å². The molecule has 1 atom stereocenters. The Bertz CT molecular complexity index is 998. The van der Waals surface area contributed by atoms with Gasteiger partial charge in [-0.2, -0.15) is 0 Å². The third-order valence-corrected chi connectivity index (χ3v) is 7.40. The summed E-state index contributed by atoms with van der Waals surface area (Å²) in [6.07, 6.45) is 9.36. The first-order valence-corrected chi connectivity index (χ1v) is 12.9. The summed E-state index contributed by atoms with van der Waals surface area (Å²) >= 11 is 1.40. The van der Waals surface area contributed by atoms with Crippen LogP contribution in [0.2, 0.25) is 0 Å². The molecule has 2 aromatic rings. The molecule has 2 aliphatic rings. The molecule has 33 heavy (non-hydrogen) atoms. The molecule has 1 aromatic heterocycles. The molecule has 0 bridgehead atoms. The van der Waals surface area contributed by atoms with Crippen LogP contribution in [0.1, 0.15) is 72.7 Å². The molecule has 2 heterocycles. The van der Waals surface area contributed by atoms with Crippen LogP contribution in [0.5, 0.6) is 0 Å². The van der Waals surface area contributed by atoms with Crippen LogP contribution in [0.15, 0.2) is 42.1 Å². The number of hydrogen-bond donors (Lipinski definition) is 1. The molecule has 1 saturated heterocycles. The van der Waals surface area contributed by atoms with E-state index in [1.165, 1.54) is 31.0 Å². The van der Waals surface area contributed by atoms with Crippen molar-refractivity contribution in [3.8, 4) is 0 Å². The number of allylic oxidation sites excluding steroid dienone is 1. The van der Waals surface area contributed by atoms with Crippen molar-refractivity contribution in [2.75, 3.05) is 12.3 Å². The monoisotopic (exact) mass is 467 g/mol. The smallest absolute Gasteiger partial charge is 0.254 e. The molecule has 0 spiro atoms. The van der Waals surface area contributed by atoms with E-state index in [0.29, 0.717) is 35.6 Å². The molecular formula is C25H33N5O2S. The maximum absolute atomic E-state index is 13.3. The zero-order chi connectivity index (χ0) is 23.2. The normalized spacial score (nSPS) is 18.9. The zero-order valence-corrected chi connectivity index (χ0v) is 20.1. The maximum Gasteiger partial charge on any atom is 0.254 e. The minimum atomic E-state index is -0.129. The summed E-state index contributed by atoms with van der Waals surface area (Å²) < 4.78 is 2.00. The number of carbonyl (C=O) groups excluding carboxylic acids is 2. The maximum atomic E-state index is 13.3. The van der Waals surface area contributed by atoms with E-state index in [4.69, 9.17) is 0 Å². The van der Waals surface area contributed by atoms with Crippen molar-refractivity contribution in [3.05, 3.63) is 53.9 Å². The van der Waals surface area contributed by atoms with Crippen molar-refractivity contribution in [2.24, 2.45) is 0 Å². The Balaban J connectivity index is 1.46. The number of thioether (sulfide) groups is 1. The average molecular weight is 468 g/mol. The molecule has 1 unspecified atom stereocenters. The predicted octanol–water partition coefficient (Wildman–Crippen LogP) is 4.29. The fraction of sp³-hybridized carbons (Fsp3) is 0.520. The van der Waals surface area contributed by atoms with Gasteiger partial charge in [0.1, 0.15) is 0 Å². The number of nitrogens with one attached hydrogen (secondary N) is 1. The minimum Gasteiger partial charge on any atom is -0.353 e. The summed E-state index contributed by atoms with van der Waals surface area (Å²) in [6, 6.07) is 7.88. The van der Waals surface area contributed by atoms with E-state index in [1.807, 2.05) is 40.7 Å². The van der Waals surface area contributed by atoms with Crippen LogP contribution in [-0.4, -0.2) is 49.8 Å². The van der Waals surface area contributed by atoms with E-state index in [9.17, 15) is 9.59 Å². The summed E-state index contributed by atoms with van der Waals surface area (Å²) in [5, 5.41) is 12.7. The number of rotatable bonds is 8. The van der Waals surface area contributed by atoms with Crippen molar-refractivity contribution in [1.29, 1.82) is 0 Å². The van der Waals surface area contributed by atoms with E-state index < -0.39 is 0 Å². The van der Waals surface area contributed by atoms with Crippen LogP contribution in [0.4, 0.5) is 0 Å². The van der Waals surface area contributed by atoms with E-state index in [1.54, 1.807) is 6.08 Å². The quantitative estimate of drug-likeness (QED) is 0.463. The molecular weight excluding hydrogens is 434 g/mol. The molecule has 1 aliphatic heterocycles. The van der Waals surface area contributed by atoms with Gasteiger partial charge in [0.25, 0.3) is 5.91 Å². The molecule has 4 rings (SSSR count). The average Bonchev–Trinajstić information content (AvgIpc) is 3.45. The summed E-state index contributed by atoms with van der Waals surface area (Å²) in [5.41, 5.74) is 1.77. The Morgan fingerprint density at radius 1 is 1.18 bits per heavy atom. The second-order valence-corrected chi connectivity index (χ2v) is 9.90. The van der Waals surface area contributed by atoms with Crippen molar-refractivity contribution in [3.63, 3.8) is 0 Å². The van der Waals surface area contributed by atoms with E-state index in [0.717, 1.165) is 37.1 Å². The lowest BCUT2D eigenvalue weighted by molar-refractivity contribution is -0.119. The Morgan fingerprint density at radius 2 is 2.00 bits per heavy atom. The van der Waals surface area contributed by atoms with Gasteiger partial charge in [-0.1, -0.05) is 54.8 Å². The lowest BCUT2D eigenvalue weighted by Crippen LogP contribution is -2.37. The molecule has 2 amide bonds. The van der Waals surface area contributed by atoms with Gasteiger partial charge in [0.15, 0.2) is 11.0 Å². The number of likely N-dealkylation sites (tertiary alicyclic amines) is 1. The number of hydrogen-bond acceptors (Lipinski definition) is 5. The highest BCUT2D eigenvalue weighted by molar-refractivity contribution is 7.99. The number of aromatic nitrogens is 3. The molecule has 1 aromatic carbocycles. The minimum absolute atomic E-state index is 0.0235. The lowest BCUT2D eigenvalue weighted by atomic mass is 9.95. The second kappa shape index (κ2) is 11.0. The van der Waals surface area contributed by atoms with Crippen LogP contribution in [0.25, 0.3) is 0 Å². The Hall–Kier alpha value is -2.61. The second-order valence-electron chi connectivity index (χ2n) is 8.96. The van der Waals surface area contributed by atoms with Crippen LogP contribution >= 0.6 is 11.8 Å². The zero-order valence-electron chi connectivity index (χ0n) is 19.3. The van der Waals surface area contributed by atoms with Gasteiger partial charge in [-0.3, -0.25) is 9.59 Å². The van der Waals surface area contributed by atoms with Gasteiger partial charge in [0.05, 0.1) is 11.8 Å². The molecule has 7 nitrogen and oxygen atoms in total. The molecule has 1 saturated carbocycles. The Kier molecular flexibility index (Phi) is 7.85. The van der Waals surface area contributed by atoms with Crippen LogP contribution < -0.4 is 5.32 Å². The van der Waals surface area contributed by atoms with Crippen LogP contribution in [-0.2, 0) is 11.3 Å². The first-order chi connectivity index (χ1) is 16.1. The van der Waals surface area contributed by atoms with Gasteiger partial charge in [-0.15, -0.1) is 16.8 Å². The van der Waals surface area contributed by atoms with Crippen LogP contribution in [0, 0.1) is 6.92 Å². The SMILES string of the molecule is C=CCn1c(SCC(=O)NC2CCCCC2)nnc1C1CCCN1C(=O)c1cccc(C)c1. The van der Waals surface area contributed by atoms with Crippen molar-refractivity contribution >= 4 is 23.6 Å². The molecule has 0 radical (unpaired) electrons. The third-order valence-electron chi connectivity index (χ3n) is 6.44. The van der Waals surface area contributed by atoms with Gasteiger partial charge in [0, 0.05) is 24.7 Å². The molecule has 2 fully saturated rings. The van der Waals surface area contributed by atoms with Crippen molar-refractivity contribution in [2.45, 2.75) is 75.7 Å². The number of carbonyl (C=O) groups is 2. The van der Waals surface area contributed by atoms with Crippen molar-refractivity contribution in [1.82, 2.24) is 25.0 Å². The first kappa shape index (κ1) is 23.5. The van der Waals surface area contributed by atoms with E-state index in [2.05, 4.69) is 22.1 Å². The largest absolute Gasteiger partial charge is 0.353 e. The highest BCUT2D eigenvalue weighted by Crippen LogP contribution is 2.34. The molecule has 1 N–H and O–H groups in total. The van der Waals surface area contributed by atoms with E-state index in [-0.39, 0.29) is 17.9 Å². The highest BCUT2D eigenvalue weighted by Gasteiger charge is 2.34. The van der Waals surface area contributed by atoms with E-state index >= 15 is 0 Å². The lowest BCUT2D eigenvalue weighted by Gasteiger charge is -2.25. The highest BCUT2D eigenvalue weighted by atomic mass is 32.2.